The van der Waals surface area contributed by atoms with E-state index in [2.05, 4.69) is 23.3 Å². The standard InChI is InChI=1S/C17H18N2O3S/c1-2-22-16(20)13-9-7-12(8-10-13)11-18-17(21)19-14-5-3-4-6-15(14)23/h3-10,23H,2,11H2,1H3,(H2,18,19,21). The Hall–Kier alpha value is -2.47. The highest BCUT2D eigenvalue weighted by Gasteiger charge is 2.07. The van der Waals surface area contributed by atoms with E-state index >= 15 is 0 Å². The molecule has 2 rings (SSSR count). The average Bonchev–Trinajstić information content (AvgIpc) is 2.56. The second-order valence-electron chi connectivity index (χ2n) is 4.74. The van der Waals surface area contributed by atoms with Crippen molar-refractivity contribution in [2.24, 2.45) is 0 Å². The first-order valence-electron chi connectivity index (χ1n) is 7.19. The van der Waals surface area contributed by atoms with Crippen LogP contribution < -0.4 is 10.6 Å². The number of rotatable bonds is 5. The van der Waals surface area contributed by atoms with Crippen molar-refractivity contribution in [3.63, 3.8) is 0 Å². The molecule has 0 aliphatic rings. The van der Waals surface area contributed by atoms with E-state index in [0.29, 0.717) is 29.3 Å². The molecule has 0 spiro atoms. The third-order valence-electron chi connectivity index (χ3n) is 3.07. The van der Waals surface area contributed by atoms with E-state index in [9.17, 15) is 9.59 Å². The predicted molar refractivity (Wildman–Crippen MR) is 92.0 cm³/mol. The maximum Gasteiger partial charge on any atom is 0.338 e. The molecule has 0 atom stereocenters. The average molecular weight is 330 g/mol. The van der Waals surface area contributed by atoms with Crippen LogP contribution in [-0.2, 0) is 11.3 Å². The van der Waals surface area contributed by atoms with Crippen LogP contribution in [0, 0.1) is 0 Å². The summed E-state index contributed by atoms with van der Waals surface area (Å²) in [6.07, 6.45) is 0. The van der Waals surface area contributed by atoms with Gasteiger partial charge in [0.15, 0.2) is 0 Å². The van der Waals surface area contributed by atoms with Gasteiger partial charge in [-0.3, -0.25) is 0 Å². The molecule has 0 bridgehead atoms. The molecule has 120 valence electrons. The zero-order valence-corrected chi connectivity index (χ0v) is 13.6. The number of ether oxygens (including phenoxy) is 1. The van der Waals surface area contributed by atoms with Crippen LogP contribution in [0.1, 0.15) is 22.8 Å². The zero-order valence-electron chi connectivity index (χ0n) is 12.7. The van der Waals surface area contributed by atoms with Gasteiger partial charge in [-0.15, -0.1) is 12.6 Å². The summed E-state index contributed by atoms with van der Waals surface area (Å²) >= 11 is 4.27. The smallest absolute Gasteiger partial charge is 0.338 e. The Morgan fingerprint density at radius 2 is 1.78 bits per heavy atom. The third kappa shape index (κ3) is 5.03. The number of amides is 2. The van der Waals surface area contributed by atoms with Crippen molar-refractivity contribution in [2.45, 2.75) is 18.4 Å². The summed E-state index contributed by atoms with van der Waals surface area (Å²) in [6.45, 7) is 2.45. The lowest BCUT2D eigenvalue weighted by Gasteiger charge is -2.09. The van der Waals surface area contributed by atoms with Crippen molar-refractivity contribution in [1.82, 2.24) is 5.32 Å². The number of hydrogen-bond donors (Lipinski definition) is 3. The quantitative estimate of drug-likeness (QED) is 0.581. The molecule has 2 N–H and O–H groups in total. The van der Waals surface area contributed by atoms with Gasteiger partial charge in [0.2, 0.25) is 0 Å². The molecule has 0 unspecified atom stereocenters. The summed E-state index contributed by atoms with van der Waals surface area (Å²) < 4.78 is 4.92. The Morgan fingerprint density at radius 1 is 1.09 bits per heavy atom. The number of thiol groups is 1. The monoisotopic (exact) mass is 330 g/mol. The van der Waals surface area contributed by atoms with E-state index in [1.165, 1.54) is 0 Å². The molecule has 0 radical (unpaired) electrons. The van der Waals surface area contributed by atoms with Crippen LogP contribution in [0.25, 0.3) is 0 Å². The largest absolute Gasteiger partial charge is 0.462 e. The Kier molecular flexibility index (Phi) is 6.05. The van der Waals surface area contributed by atoms with Crippen molar-refractivity contribution >= 4 is 30.3 Å². The molecule has 0 aliphatic heterocycles. The molecule has 0 fully saturated rings. The summed E-state index contributed by atoms with van der Waals surface area (Å²) in [5.41, 5.74) is 2.02. The number of esters is 1. The minimum absolute atomic E-state index is 0.319. The lowest BCUT2D eigenvalue weighted by Crippen LogP contribution is -2.28. The van der Waals surface area contributed by atoms with Gasteiger partial charge < -0.3 is 15.4 Å². The fourth-order valence-corrected chi connectivity index (χ4v) is 2.12. The maximum absolute atomic E-state index is 11.9. The van der Waals surface area contributed by atoms with E-state index in [0.717, 1.165) is 5.56 Å². The normalized spacial score (nSPS) is 10.0. The zero-order chi connectivity index (χ0) is 16.7. The van der Waals surface area contributed by atoms with Crippen molar-refractivity contribution in [3.8, 4) is 0 Å². The van der Waals surface area contributed by atoms with Crippen molar-refractivity contribution in [3.05, 3.63) is 59.7 Å². The summed E-state index contributed by atoms with van der Waals surface area (Å²) in [4.78, 5) is 24.1. The lowest BCUT2D eigenvalue weighted by molar-refractivity contribution is 0.0526. The van der Waals surface area contributed by atoms with Crippen LogP contribution in [0.5, 0.6) is 0 Å². The van der Waals surface area contributed by atoms with Crippen LogP contribution in [0.2, 0.25) is 0 Å². The van der Waals surface area contributed by atoms with E-state index in [1.807, 2.05) is 12.1 Å². The first-order chi connectivity index (χ1) is 11.1. The highest BCUT2D eigenvalue weighted by Crippen LogP contribution is 2.18. The number of para-hydroxylation sites is 1. The van der Waals surface area contributed by atoms with Gasteiger partial charge in [-0.25, -0.2) is 9.59 Å². The fourth-order valence-electron chi connectivity index (χ4n) is 1.90. The molecule has 2 aromatic rings. The molecule has 5 nitrogen and oxygen atoms in total. The van der Waals surface area contributed by atoms with Gasteiger partial charge >= 0.3 is 12.0 Å². The van der Waals surface area contributed by atoms with Crippen LogP contribution in [0.4, 0.5) is 10.5 Å². The number of hydrogen-bond acceptors (Lipinski definition) is 4. The second kappa shape index (κ2) is 8.24. The van der Waals surface area contributed by atoms with Gasteiger partial charge in [-0.05, 0) is 36.8 Å². The van der Waals surface area contributed by atoms with Crippen molar-refractivity contribution < 1.29 is 14.3 Å². The van der Waals surface area contributed by atoms with Crippen LogP contribution in [-0.4, -0.2) is 18.6 Å². The Labute approximate surface area is 140 Å². The number of anilines is 1. The minimum atomic E-state index is -0.352. The molecule has 0 saturated heterocycles. The molecular weight excluding hydrogens is 312 g/mol. The van der Waals surface area contributed by atoms with E-state index < -0.39 is 0 Å². The number of carbonyl (C=O) groups excluding carboxylic acids is 2. The molecule has 0 aromatic heterocycles. The highest BCUT2D eigenvalue weighted by atomic mass is 32.1. The first kappa shape index (κ1) is 16.9. The minimum Gasteiger partial charge on any atom is -0.462 e. The number of nitrogens with one attached hydrogen (secondary N) is 2. The second-order valence-corrected chi connectivity index (χ2v) is 5.22. The van der Waals surface area contributed by atoms with Crippen molar-refractivity contribution in [1.29, 1.82) is 0 Å². The summed E-state index contributed by atoms with van der Waals surface area (Å²) in [5, 5.41) is 5.47. The topological polar surface area (TPSA) is 67.4 Å². The number of benzene rings is 2. The summed E-state index contributed by atoms with van der Waals surface area (Å²) in [5.74, 6) is -0.352. The number of carbonyl (C=O) groups is 2. The SMILES string of the molecule is CCOC(=O)c1ccc(CNC(=O)Nc2ccccc2S)cc1. The van der Waals surface area contributed by atoms with E-state index in [1.54, 1.807) is 43.3 Å². The predicted octanol–water partition coefficient (Wildman–Crippen LogP) is 3.47. The van der Waals surface area contributed by atoms with Gasteiger partial charge in [-0.2, -0.15) is 0 Å². The molecular formula is C17H18N2O3S. The third-order valence-corrected chi connectivity index (χ3v) is 3.46. The van der Waals surface area contributed by atoms with Gasteiger partial charge in [0, 0.05) is 11.4 Å². The molecule has 0 saturated carbocycles. The Bertz CT molecular complexity index is 686. The van der Waals surface area contributed by atoms with Crippen LogP contribution in [0.3, 0.4) is 0 Å². The lowest BCUT2D eigenvalue weighted by atomic mass is 10.1. The fraction of sp³-hybridized carbons (Fsp3) is 0.176. The number of urea groups is 1. The Balaban J connectivity index is 1.87. The van der Waals surface area contributed by atoms with Gasteiger partial charge in [0.05, 0.1) is 17.9 Å². The van der Waals surface area contributed by atoms with E-state index in [-0.39, 0.29) is 12.0 Å². The van der Waals surface area contributed by atoms with Gasteiger partial charge in [-0.1, -0.05) is 24.3 Å². The summed E-state index contributed by atoms with van der Waals surface area (Å²) in [7, 11) is 0. The molecule has 0 heterocycles. The molecule has 2 amide bonds. The summed E-state index contributed by atoms with van der Waals surface area (Å²) in [6, 6.07) is 13.8. The molecule has 0 aliphatic carbocycles. The van der Waals surface area contributed by atoms with Gasteiger partial charge in [0.1, 0.15) is 0 Å². The van der Waals surface area contributed by atoms with E-state index in [4.69, 9.17) is 4.74 Å². The van der Waals surface area contributed by atoms with Gasteiger partial charge in [0.25, 0.3) is 0 Å². The Morgan fingerprint density at radius 3 is 2.43 bits per heavy atom. The molecule has 2 aromatic carbocycles. The molecule has 6 heteroatoms. The maximum atomic E-state index is 11.9. The molecule has 23 heavy (non-hydrogen) atoms. The highest BCUT2D eigenvalue weighted by molar-refractivity contribution is 7.80. The van der Waals surface area contributed by atoms with Crippen LogP contribution in [0.15, 0.2) is 53.4 Å². The van der Waals surface area contributed by atoms with Crippen molar-refractivity contribution in [2.75, 3.05) is 11.9 Å². The van der Waals surface area contributed by atoms with Crippen LogP contribution >= 0.6 is 12.6 Å². The first-order valence-corrected chi connectivity index (χ1v) is 7.63.